The van der Waals surface area contributed by atoms with E-state index in [1.54, 1.807) is 6.08 Å². The number of hydrogen-bond donors (Lipinski definition) is 1. The average Bonchev–Trinajstić information content (AvgIpc) is 2.27. The maximum Gasteiger partial charge on any atom is 0.328 e. The number of carbonyl (C=O) groups is 1. The molecule has 0 aliphatic rings. The molecule has 1 rings (SSSR count). The molecule has 1 N–H and O–H groups in total. The second-order valence-electron chi connectivity index (χ2n) is 3.55. The number of carboxylic acids is 1. The van der Waals surface area contributed by atoms with Crippen molar-refractivity contribution in [2.45, 2.75) is 26.4 Å². The van der Waals surface area contributed by atoms with Crippen molar-refractivity contribution < 1.29 is 14.6 Å². The molecule has 0 amide bonds. The van der Waals surface area contributed by atoms with Crippen molar-refractivity contribution in [1.29, 1.82) is 0 Å². The zero-order valence-electron chi connectivity index (χ0n) is 9.51. The van der Waals surface area contributed by atoms with Crippen LogP contribution in [0.2, 0.25) is 0 Å². The summed E-state index contributed by atoms with van der Waals surface area (Å²) in [5.41, 5.74) is 0.783. The molecular weight excluding hydrogens is 204 g/mol. The van der Waals surface area contributed by atoms with E-state index < -0.39 is 5.97 Å². The lowest BCUT2D eigenvalue weighted by atomic mass is 10.2. The summed E-state index contributed by atoms with van der Waals surface area (Å²) in [6.07, 6.45) is 3.69. The first kappa shape index (κ1) is 12.3. The predicted octanol–water partition coefficient (Wildman–Crippen LogP) is 2.96. The molecule has 0 fully saturated rings. The summed E-state index contributed by atoms with van der Waals surface area (Å²) >= 11 is 0. The molecule has 0 heterocycles. The van der Waals surface area contributed by atoms with Crippen molar-refractivity contribution >= 4 is 12.0 Å². The van der Waals surface area contributed by atoms with E-state index in [0.29, 0.717) is 5.75 Å². The Labute approximate surface area is 95.4 Å². The van der Waals surface area contributed by atoms with Gasteiger partial charge in [0, 0.05) is 11.6 Å². The molecule has 0 spiro atoms. The summed E-state index contributed by atoms with van der Waals surface area (Å²) in [7, 11) is 0. The van der Waals surface area contributed by atoms with Gasteiger partial charge in [-0.3, -0.25) is 0 Å². The number of benzene rings is 1. The van der Waals surface area contributed by atoms with Gasteiger partial charge in [0.2, 0.25) is 0 Å². The van der Waals surface area contributed by atoms with Gasteiger partial charge in [0.25, 0.3) is 0 Å². The predicted molar refractivity (Wildman–Crippen MR) is 63.5 cm³/mol. The van der Waals surface area contributed by atoms with Gasteiger partial charge < -0.3 is 9.84 Å². The topological polar surface area (TPSA) is 46.5 Å². The lowest BCUT2D eigenvalue weighted by Gasteiger charge is -2.14. The summed E-state index contributed by atoms with van der Waals surface area (Å²) < 4.78 is 5.68. The molecule has 0 bridgehead atoms. The number of ether oxygens (including phenoxy) is 1. The third kappa shape index (κ3) is 3.77. The molecule has 3 heteroatoms. The fraction of sp³-hybridized carbons (Fsp3) is 0.308. The first-order valence-corrected chi connectivity index (χ1v) is 5.30. The number of aliphatic carboxylic acids is 1. The molecule has 0 aliphatic heterocycles. The molecule has 86 valence electrons. The first-order valence-electron chi connectivity index (χ1n) is 5.30. The largest absolute Gasteiger partial charge is 0.490 e. The molecule has 3 nitrogen and oxygen atoms in total. The van der Waals surface area contributed by atoms with Crippen molar-refractivity contribution in [2.75, 3.05) is 0 Å². The van der Waals surface area contributed by atoms with Crippen molar-refractivity contribution in [3.63, 3.8) is 0 Å². The molecule has 1 atom stereocenters. The standard InChI is InChI=1S/C13H16O3/c1-3-10(2)16-12-7-5-4-6-11(12)8-9-13(14)15/h4-10H,3H2,1-2H3,(H,14,15)/b9-8-/t10-/m0/s1. The van der Waals surface area contributed by atoms with E-state index in [1.165, 1.54) is 0 Å². The highest BCUT2D eigenvalue weighted by Gasteiger charge is 2.04. The number of para-hydroxylation sites is 1. The lowest BCUT2D eigenvalue weighted by Crippen LogP contribution is -2.10. The Morgan fingerprint density at radius 2 is 2.19 bits per heavy atom. The number of hydrogen-bond acceptors (Lipinski definition) is 2. The van der Waals surface area contributed by atoms with E-state index in [9.17, 15) is 4.79 Å². The van der Waals surface area contributed by atoms with Gasteiger partial charge in [-0.25, -0.2) is 4.79 Å². The van der Waals surface area contributed by atoms with Crippen LogP contribution >= 0.6 is 0 Å². The van der Waals surface area contributed by atoms with Crippen LogP contribution in [0.4, 0.5) is 0 Å². The second-order valence-corrected chi connectivity index (χ2v) is 3.55. The summed E-state index contributed by atoms with van der Waals surface area (Å²) in [5, 5.41) is 8.57. The Bertz CT molecular complexity index is 383. The Kier molecular flexibility index (Phi) is 4.58. The van der Waals surface area contributed by atoms with Crippen molar-refractivity contribution in [3.05, 3.63) is 35.9 Å². The quantitative estimate of drug-likeness (QED) is 0.776. The van der Waals surface area contributed by atoms with Crippen LogP contribution < -0.4 is 4.74 Å². The van der Waals surface area contributed by atoms with E-state index in [2.05, 4.69) is 0 Å². The van der Waals surface area contributed by atoms with Crippen LogP contribution in [0.25, 0.3) is 6.08 Å². The lowest BCUT2D eigenvalue weighted by molar-refractivity contribution is -0.131. The fourth-order valence-corrected chi connectivity index (χ4v) is 1.19. The van der Waals surface area contributed by atoms with Gasteiger partial charge in [0.15, 0.2) is 0 Å². The zero-order valence-corrected chi connectivity index (χ0v) is 9.51. The Hall–Kier alpha value is -1.77. The van der Waals surface area contributed by atoms with Gasteiger partial charge in [-0.15, -0.1) is 0 Å². The second kappa shape index (κ2) is 5.95. The fourth-order valence-electron chi connectivity index (χ4n) is 1.19. The highest BCUT2D eigenvalue weighted by Crippen LogP contribution is 2.21. The summed E-state index contributed by atoms with van der Waals surface area (Å²) in [5.74, 6) is -0.243. The van der Waals surface area contributed by atoms with Crippen molar-refractivity contribution in [3.8, 4) is 5.75 Å². The van der Waals surface area contributed by atoms with Gasteiger partial charge in [-0.1, -0.05) is 25.1 Å². The Morgan fingerprint density at radius 1 is 1.50 bits per heavy atom. The van der Waals surface area contributed by atoms with Crippen molar-refractivity contribution in [2.24, 2.45) is 0 Å². The molecule has 1 aromatic rings. The maximum atomic E-state index is 10.4. The summed E-state index contributed by atoms with van der Waals surface area (Å²) in [4.78, 5) is 10.4. The van der Waals surface area contributed by atoms with Gasteiger partial charge in [0.05, 0.1) is 6.10 Å². The molecular formula is C13H16O3. The third-order valence-corrected chi connectivity index (χ3v) is 2.23. The Morgan fingerprint density at radius 3 is 2.81 bits per heavy atom. The molecule has 1 aromatic carbocycles. The highest BCUT2D eigenvalue weighted by atomic mass is 16.5. The smallest absolute Gasteiger partial charge is 0.328 e. The van der Waals surface area contributed by atoms with Gasteiger partial charge in [-0.2, -0.15) is 0 Å². The minimum atomic E-state index is -0.960. The zero-order chi connectivity index (χ0) is 12.0. The van der Waals surface area contributed by atoms with Gasteiger partial charge in [0.1, 0.15) is 5.75 Å². The van der Waals surface area contributed by atoms with E-state index in [0.717, 1.165) is 18.1 Å². The SMILES string of the molecule is CC[C@H](C)Oc1ccccc1/C=C\C(=O)O. The number of carboxylic acid groups (broad SMARTS) is 1. The van der Waals surface area contributed by atoms with E-state index in [4.69, 9.17) is 9.84 Å². The molecule has 0 saturated carbocycles. The van der Waals surface area contributed by atoms with E-state index in [1.807, 2.05) is 38.1 Å². The average molecular weight is 220 g/mol. The van der Waals surface area contributed by atoms with Crippen molar-refractivity contribution in [1.82, 2.24) is 0 Å². The van der Waals surface area contributed by atoms with E-state index >= 15 is 0 Å². The molecule has 0 radical (unpaired) electrons. The monoisotopic (exact) mass is 220 g/mol. The molecule has 0 unspecified atom stereocenters. The highest BCUT2D eigenvalue weighted by molar-refractivity contribution is 5.85. The minimum absolute atomic E-state index is 0.124. The van der Waals surface area contributed by atoms with Crippen LogP contribution in [-0.4, -0.2) is 17.2 Å². The van der Waals surface area contributed by atoms with E-state index in [-0.39, 0.29) is 6.10 Å². The van der Waals surface area contributed by atoms with Crippen LogP contribution in [-0.2, 0) is 4.79 Å². The van der Waals surface area contributed by atoms with Gasteiger partial charge >= 0.3 is 5.97 Å². The minimum Gasteiger partial charge on any atom is -0.490 e. The third-order valence-electron chi connectivity index (χ3n) is 2.23. The first-order chi connectivity index (χ1) is 7.63. The molecule has 0 aromatic heterocycles. The Balaban J connectivity index is 2.87. The van der Waals surface area contributed by atoms with Crippen LogP contribution in [0.3, 0.4) is 0 Å². The maximum absolute atomic E-state index is 10.4. The van der Waals surface area contributed by atoms with Gasteiger partial charge in [-0.05, 0) is 25.5 Å². The molecule has 16 heavy (non-hydrogen) atoms. The summed E-state index contributed by atoms with van der Waals surface area (Å²) in [6.45, 7) is 4.03. The normalized spacial score (nSPS) is 12.6. The number of rotatable bonds is 5. The van der Waals surface area contributed by atoms with Crippen LogP contribution in [0.1, 0.15) is 25.8 Å². The molecule has 0 aliphatic carbocycles. The van der Waals surface area contributed by atoms with Crippen LogP contribution in [0.15, 0.2) is 30.3 Å². The molecule has 0 saturated heterocycles. The van der Waals surface area contributed by atoms with Crippen LogP contribution in [0, 0.1) is 0 Å². The van der Waals surface area contributed by atoms with Crippen LogP contribution in [0.5, 0.6) is 5.75 Å². The summed E-state index contributed by atoms with van der Waals surface area (Å²) in [6, 6.07) is 7.39.